The fraction of sp³-hybridized carbons (Fsp3) is 0.417. The number of aryl methyl sites for hydroxylation is 1. The van der Waals surface area contributed by atoms with Crippen LogP contribution < -0.4 is 27.8 Å². The number of rotatable bonds is 5. The molecule has 0 bridgehead atoms. The van der Waals surface area contributed by atoms with Gasteiger partial charge in [-0.25, -0.2) is 9.59 Å². The third kappa shape index (κ3) is 5.14. The zero-order valence-corrected chi connectivity index (χ0v) is 21.1. The molecular formula is C24H33N5O6. The minimum absolute atomic E-state index is 0.267. The lowest BCUT2D eigenvalue weighted by atomic mass is 9.86. The van der Waals surface area contributed by atoms with E-state index in [9.17, 15) is 29.4 Å². The fourth-order valence-electron chi connectivity index (χ4n) is 3.80. The van der Waals surface area contributed by atoms with Crippen LogP contribution in [0.4, 0.5) is 0 Å². The molecule has 0 radical (unpaired) electrons. The molecule has 3 rings (SSSR count). The van der Waals surface area contributed by atoms with Gasteiger partial charge in [0.15, 0.2) is 0 Å². The molecule has 0 saturated heterocycles. The van der Waals surface area contributed by atoms with Crippen molar-refractivity contribution in [1.82, 2.24) is 23.6 Å². The second-order valence-corrected chi connectivity index (χ2v) is 8.19. The molecule has 0 amide bonds. The van der Waals surface area contributed by atoms with E-state index in [0.717, 1.165) is 36.9 Å². The Labute approximate surface area is 202 Å². The van der Waals surface area contributed by atoms with Gasteiger partial charge in [-0.15, -0.1) is 0 Å². The van der Waals surface area contributed by atoms with Gasteiger partial charge in [-0.2, -0.15) is 0 Å². The van der Waals surface area contributed by atoms with Crippen LogP contribution in [0.25, 0.3) is 0 Å². The van der Waals surface area contributed by atoms with Gasteiger partial charge in [0.2, 0.25) is 11.8 Å². The van der Waals surface area contributed by atoms with E-state index in [0.29, 0.717) is 5.56 Å². The molecule has 0 fully saturated rings. The van der Waals surface area contributed by atoms with E-state index in [2.05, 4.69) is 19.2 Å². The van der Waals surface area contributed by atoms with Crippen molar-refractivity contribution in [1.29, 1.82) is 0 Å². The van der Waals surface area contributed by atoms with Gasteiger partial charge in [0.05, 0.1) is 17.0 Å². The molecule has 35 heavy (non-hydrogen) atoms. The molecule has 0 unspecified atom stereocenters. The van der Waals surface area contributed by atoms with E-state index in [4.69, 9.17) is 0 Å². The molecule has 190 valence electrons. The molecule has 3 N–H and O–H groups in total. The maximum Gasteiger partial charge on any atom is 0.333 e. The van der Waals surface area contributed by atoms with E-state index in [1.54, 1.807) is 31.2 Å². The molecule has 0 aliphatic heterocycles. The van der Waals surface area contributed by atoms with Crippen molar-refractivity contribution in [2.45, 2.75) is 26.7 Å². The lowest BCUT2D eigenvalue weighted by Crippen LogP contribution is -2.42. The molecule has 11 nitrogen and oxygen atoms in total. The van der Waals surface area contributed by atoms with Gasteiger partial charge in [0.1, 0.15) is 0 Å². The van der Waals surface area contributed by atoms with Gasteiger partial charge in [0.25, 0.3) is 11.1 Å². The van der Waals surface area contributed by atoms with Crippen LogP contribution in [0.5, 0.6) is 11.8 Å². The van der Waals surface area contributed by atoms with Gasteiger partial charge in [-0.05, 0) is 25.6 Å². The largest absolute Gasteiger partial charge is 0.494 e. The van der Waals surface area contributed by atoms with E-state index in [1.807, 2.05) is 0 Å². The van der Waals surface area contributed by atoms with Crippen LogP contribution in [0, 0.1) is 6.92 Å². The number of hydrogen-bond donors (Lipinski definition) is 3. The van der Waals surface area contributed by atoms with Gasteiger partial charge < -0.3 is 15.5 Å². The molecule has 2 heterocycles. The highest BCUT2D eigenvalue weighted by Gasteiger charge is 2.33. The van der Waals surface area contributed by atoms with Crippen molar-refractivity contribution in [3.8, 4) is 11.8 Å². The molecule has 2 aromatic heterocycles. The van der Waals surface area contributed by atoms with Crippen molar-refractivity contribution in [2.24, 2.45) is 28.2 Å². The summed E-state index contributed by atoms with van der Waals surface area (Å²) < 4.78 is 3.37. The molecule has 1 aromatic carbocycles. The molecule has 0 aliphatic carbocycles. The van der Waals surface area contributed by atoms with Crippen LogP contribution in [-0.2, 0) is 28.2 Å². The lowest BCUT2D eigenvalue weighted by Gasteiger charge is -2.22. The van der Waals surface area contributed by atoms with E-state index in [1.165, 1.54) is 28.2 Å². The van der Waals surface area contributed by atoms with E-state index >= 15 is 0 Å². The summed E-state index contributed by atoms with van der Waals surface area (Å²) in [5, 5.41) is 24.5. The number of benzene rings is 1. The van der Waals surface area contributed by atoms with Gasteiger partial charge in [-0.3, -0.25) is 27.9 Å². The number of aromatic hydroxyl groups is 2. The van der Waals surface area contributed by atoms with Crippen LogP contribution in [0.3, 0.4) is 0 Å². The highest BCUT2D eigenvalue weighted by Crippen LogP contribution is 2.36. The van der Waals surface area contributed by atoms with Crippen molar-refractivity contribution >= 4 is 0 Å². The van der Waals surface area contributed by atoms with Gasteiger partial charge >= 0.3 is 11.4 Å². The third-order valence-corrected chi connectivity index (χ3v) is 5.79. The minimum Gasteiger partial charge on any atom is -0.494 e. The summed E-state index contributed by atoms with van der Waals surface area (Å²) >= 11 is 0. The van der Waals surface area contributed by atoms with Crippen LogP contribution in [0.15, 0.2) is 43.4 Å². The minimum atomic E-state index is -1.24. The Morgan fingerprint density at radius 2 is 1.20 bits per heavy atom. The predicted molar refractivity (Wildman–Crippen MR) is 134 cm³/mol. The first-order valence-corrected chi connectivity index (χ1v) is 11.2. The van der Waals surface area contributed by atoms with Crippen LogP contribution in [0.1, 0.15) is 42.0 Å². The Morgan fingerprint density at radius 3 is 1.54 bits per heavy atom. The zero-order chi connectivity index (χ0) is 26.6. The molecule has 3 aromatic rings. The normalized spacial score (nSPS) is 10.9. The summed E-state index contributed by atoms with van der Waals surface area (Å²) in [5.41, 5.74) is -2.45. The van der Waals surface area contributed by atoms with Crippen molar-refractivity contribution in [3.05, 3.63) is 88.2 Å². The van der Waals surface area contributed by atoms with E-state index < -0.39 is 40.2 Å². The maximum atomic E-state index is 13.0. The molecule has 0 aliphatic rings. The van der Waals surface area contributed by atoms with Gasteiger partial charge in [-0.1, -0.05) is 43.7 Å². The smallest absolute Gasteiger partial charge is 0.333 e. The predicted octanol–water partition coefficient (Wildman–Crippen LogP) is -0.00298. The Kier molecular flexibility index (Phi) is 8.64. The molecule has 11 heteroatoms. The number of hydrogen-bond acceptors (Lipinski definition) is 7. The first-order valence-electron chi connectivity index (χ1n) is 11.2. The molecule has 0 atom stereocenters. The number of nitrogens with zero attached hydrogens (tertiary/aromatic N) is 4. The fourth-order valence-corrected chi connectivity index (χ4v) is 3.80. The first kappa shape index (κ1) is 27.4. The zero-order valence-electron chi connectivity index (χ0n) is 21.1. The Bertz CT molecular complexity index is 1370. The summed E-state index contributed by atoms with van der Waals surface area (Å²) in [6, 6.07) is 6.83. The SMILES string of the molecule is CCNCC.Cc1cccc(C(c2c(O)n(C)c(=O)n(C)c2=O)c2c(O)n(C)c(=O)n(C)c2=O)c1. The Hall–Kier alpha value is -3.86. The Morgan fingerprint density at radius 1 is 0.771 bits per heavy atom. The summed E-state index contributed by atoms with van der Waals surface area (Å²) in [6.07, 6.45) is 0. The standard InChI is InChI=1S/C20H22N4O6.C4H11N/c1-10-7-6-8-11(9-10)12(13-15(25)21(2)19(29)22(3)16(13)26)14-17(27)23(4)20(30)24(5)18(14)28;1-3-5-4-2/h6-9,12,25,27H,1-5H3;5H,3-4H2,1-2H3. The average molecular weight is 488 g/mol. The maximum absolute atomic E-state index is 13.0. The molecule has 0 saturated carbocycles. The average Bonchev–Trinajstić information content (AvgIpc) is 2.84. The van der Waals surface area contributed by atoms with E-state index in [-0.39, 0.29) is 11.1 Å². The molecular weight excluding hydrogens is 454 g/mol. The number of aromatic nitrogens is 4. The highest BCUT2D eigenvalue weighted by atomic mass is 16.3. The van der Waals surface area contributed by atoms with Crippen molar-refractivity contribution < 1.29 is 10.2 Å². The van der Waals surface area contributed by atoms with Crippen LogP contribution in [-0.4, -0.2) is 41.6 Å². The lowest BCUT2D eigenvalue weighted by molar-refractivity contribution is 0.391. The van der Waals surface area contributed by atoms with Gasteiger partial charge in [0, 0.05) is 28.2 Å². The van der Waals surface area contributed by atoms with Crippen molar-refractivity contribution in [3.63, 3.8) is 0 Å². The van der Waals surface area contributed by atoms with Crippen molar-refractivity contribution in [2.75, 3.05) is 13.1 Å². The molecule has 0 spiro atoms. The van der Waals surface area contributed by atoms with Crippen LogP contribution >= 0.6 is 0 Å². The monoisotopic (exact) mass is 487 g/mol. The summed E-state index contributed by atoms with van der Waals surface area (Å²) in [5.74, 6) is -2.50. The second-order valence-electron chi connectivity index (χ2n) is 8.19. The quantitative estimate of drug-likeness (QED) is 0.460. The summed E-state index contributed by atoms with van der Waals surface area (Å²) in [4.78, 5) is 50.5. The third-order valence-electron chi connectivity index (χ3n) is 5.79. The topological polar surface area (TPSA) is 140 Å². The second kappa shape index (κ2) is 11.0. The van der Waals surface area contributed by atoms with Crippen LogP contribution in [0.2, 0.25) is 0 Å². The number of nitrogens with one attached hydrogen (secondary N) is 1. The Balaban J connectivity index is 0.000000784. The first-order chi connectivity index (χ1) is 16.4. The highest BCUT2D eigenvalue weighted by molar-refractivity contribution is 5.49. The summed E-state index contributed by atoms with van der Waals surface area (Å²) in [6.45, 7) is 8.19. The summed E-state index contributed by atoms with van der Waals surface area (Å²) in [7, 11) is 5.07.